The first-order chi connectivity index (χ1) is 15.7. The summed E-state index contributed by atoms with van der Waals surface area (Å²) in [6.45, 7) is 2.30. The molecule has 0 saturated heterocycles. The average Bonchev–Trinajstić information content (AvgIpc) is 3.24. The summed E-state index contributed by atoms with van der Waals surface area (Å²) in [4.78, 5) is 25.1. The van der Waals surface area contributed by atoms with Crippen molar-refractivity contribution in [3.63, 3.8) is 0 Å². The number of hydrogen-bond donors (Lipinski definition) is 1. The monoisotopic (exact) mass is 422 g/mol. The number of rotatable bonds is 5. The van der Waals surface area contributed by atoms with Crippen molar-refractivity contribution in [2.45, 2.75) is 13.5 Å². The zero-order chi connectivity index (χ0) is 21.9. The zero-order valence-corrected chi connectivity index (χ0v) is 17.2. The normalized spacial score (nSPS) is 11.7. The molecule has 1 amide bonds. The highest BCUT2D eigenvalue weighted by molar-refractivity contribution is 6.00. The summed E-state index contributed by atoms with van der Waals surface area (Å²) >= 11 is 0. The van der Waals surface area contributed by atoms with Crippen molar-refractivity contribution in [1.82, 2.24) is 35.4 Å². The van der Waals surface area contributed by atoms with Gasteiger partial charge in [0.15, 0.2) is 5.65 Å². The minimum atomic E-state index is -0.315. The van der Waals surface area contributed by atoms with Gasteiger partial charge in [0, 0.05) is 29.5 Å². The molecule has 0 atom stereocenters. The SMILES string of the molecule is C/C(=N\NC(=O)c1ccncc1)c1ccc2nnn(Cc3ccc4ncccc4c3)c2n1. The van der Waals surface area contributed by atoms with Gasteiger partial charge in [-0.05, 0) is 55.0 Å². The van der Waals surface area contributed by atoms with Gasteiger partial charge < -0.3 is 0 Å². The topological polar surface area (TPSA) is 111 Å². The number of benzene rings is 1. The molecule has 0 aliphatic carbocycles. The molecule has 0 bridgehead atoms. The molecule has 9 heteroatoms. The zero-order valence-electron chi connectivity index (χ0n) is 17.2. The molecule has 0 aliphatic heterocycles. The second-order valence-electron chi connectivity index (χ2n) is 7.19. The van der Waals surface area contributed by atoms with Gasteiger partial charge in [-0.1, -0.05) is 17.3 Å². The third-order valence-electron chi connectivity index (χ3n) is 5.00. The van der Waals surface area contributed by atoms with Crippen LogP contribution in [0.25, 0.3) is 22.1 Å². The predicted octanol–water partition coefficient (Wildman–Crippen LogP) is 2.97. The van der Waals surface area contributed by atoms with E-state index in [0.29, 0.717) is 34.7 Å². The Morgan fingerprint density at radius 1 is 1.03 bits per heavy atom. The molecule has 0 saturated carbocycles. The van der Waals surface area contributed by atoms with Crippen LogP contribution in [-0.2, 0) is 6.54 Å². The van der Waals surface area contributed by atoms with Gasteiger partial charge in [-0.25, -0.2) is 15.1 Å². The number of fused-ring (bicyclic) bond motifs is 2. The van der Waals surface area contributed by atoms with E-state index < -0.39 is 0 Å². The van der Waals surface area contributed by atoms with E-state index in [9.17, 15) is 4.79 Å². The van der Waals surface area contributed by atoms with Gasteiger partial charge in [-0.2, -0.15) is 5.10 Å². The quantitative estimate of drug-likeness (QED) is 0.344. The maximum atomic E-state index is 12.2. The molecule has 4 aromatic heterocycles. The third-order valence-corrected chi connectivity index (χ3v) is 5.00. The molecule has 5 rings (SSSR count). The van der Waals surface area contributed by atoms with Crippen molar-refractivity contribution >= 4 is 33.7 Å². The second-order valence-corrected chi connectivity index (χ2v) is 7.19. The molecule has 0 aliphatic rings. The molecule has 0 unspecified atom stereocenters. The highest BCUT2D eigenvalue weighted by Gasteiger charge is 2.11. The Kier molecular flexibility index (Phi) is 5.04. The molecule has 0 fully saturated rings. The summed E-state index contributed by atoms with van der Waals surface area (Å²) in [5, 5.41) is 13.7. The minimum Gasteiger partial charge on any atom is -0.267 e. The third kappa shape index (κ3) is 3.91. The Hall–Kier alpha value is -4.53. The van der Waals surface area contributed by atoms with Crippen LogP contribution in [0.3, 0.4) is 0 Å². The van der Waals surface area contributed by atoms with E-state index in [1.54, 1.807) is 48.4 Å². The number of pyridine rings is 3. The summed E-state index contributed by atoms with van der Waals surface area (Å²) in [6, 6.07) is 16.9. The molecular weight excluding hydrogens is 404 g/mol. The Balaban J connectivity index is 1.39. The summed E-state index contributed by atoms with van der Waals surface area (Å²) in [7, 11) is 0. The second kappa shape index (κ2) is 8.31. The number of amides is 1. The summed E-state index contributed by atoms with van der Waals surface area (Å²) < 4.78 is 1.75. The highest BCUT2D eigenvalue weighted by atomic mass is 16.2. The fourth-order valence-electron chi connectivity index (χ4n) is 3.32. The maximum absolute atomic E-state index is 12.2. The fraction of sp³-hybridized carbons (Fsp3) is 0.0870. The number of nitrogens with one attached hydrogen (secondary N) is 1. The maximum Gasteiger partial charge on any atom is 0.271 e. The molecule has 0 spiro atoms. The van der Waals surface area contributed by atoms with Crippen LogP contribution >= 0.6 is 0 Å². The Bertz CT molecular complexity index is 1460. The molecule has 1 N–H and O–H groups in total. The summed E-state index contributed by atoms with van der Waals surface area (Å²) in [5.74, 6) is -0.315. The van der Waals surface area contributed by atoms with E-state index in [1.807, 2.05) is 30.3 Å². The van der Waals surface area contributed by atoms with E-state index in [4.69, 9.17) is 0 Å². The lowest BCUT2D eigenvalue weighted by Gasteiger charge is -2.06. The van der Waals surface area contributed by atoms with Crippen molar-refractivity contribution in [1.29, 1.82) is 0 Å². The molecule has 0 radical (unpaired) electrons. The van der Waals surface area contributed by atoms with Crippen LogP contribution < -0.4 is 5.43 Å². The summed E-state index contributed by atoms with van der Waals surface area (Å²) in [6.07, 6.45) is 4.89. The highest BCUT2D eigenvalue weighted by Crippen LogP contribution is 2.16. The van der Waals surface area contributed by atoms with E-state index in [2.05, 4.69) is 41.9 Å². The average molecular weight is 422 g/mol. The molecule has 1 aromatic carbocycles. The molecule has 5 aromatic rings. The number of nitrogens with zero attached hydrogens (tertiary/aromatic N) is 7. The van der Waals surface area contributed by atoms with E-state index in [1.165, 1.54) is 0 Å². The number of hydrogen-bond acceptors (Lipinski definition) is 7. The lowest BCUT2D eigenvalue weighted by Crippen LogP contribution is -2.19. The van der Waals surface area contributed by atoms with Gasteiger partial charge in [0.1, 0.15) is 5.52 Å². The first-order valence-corrected chi connectivity index (χ1v) is 9.96. The number of carbonyl (C=O) groups excluding carboxylic acids is 1. The number of aromatic nitrogens is 6. The Labute approximate surface area is 182 Å². The van der Waals surface area contributed by atoms with Crippen molar-refractivity contribution in [3.05, 3.63) is 90.0 Å². The van der Waals surface area contributed by atoms with Crippen LogP contribution in [0.4, 0.5) is 0 Å². The largest absolute Gasteiger partial charge is 0.271 e. The van der Waals surface area contributed by atoms with Gasteiger partial charge in [0.05, 0.1) is 23.5 Å². The van der Waals surface area contributed by atoms with Gasteiger partial charge >= 0.3 is 0 Å². The van der Waals surface area contributed by atoms with Gasteiger partial charge in [-0.15, -0.1) is 5.10 Å². The molecular formula is C23H18N8O. The Morgan fingerprint density at radius 3 is 2.75 bits per heavy atom. The van der Waals surface area contributed by atoms with Crippen molar-refractivity contribution in [2.24, 2.45) is 5.10 Å². The van der Waals surface area contributed by atoms with Crippen LogP contribution in [0.1, 0.15) is 28.5 Å². The smallest absolute Gasteiger partial charge is 0.267 e. The molecule has 156 valence electrons. The lowest BCUT2D eigenvalue weighted by molar-refractivity contribution is 0.0954. The van der Waals surface area contributed by atoms with Crippen LogP contribution in [0.15, 0.2) is 78.3 Å². The van der Waals surface area contributed by atoms with Crippen LogP contribution in [0.2, 0.25) is 0 Å². The van der Waals surface area contributed by atoms with Gasteiger partial charge in [-0.3, -0.25) is 14.8 Å². The van der Waals surface area contributed by atoms with E-state index in [0.717, 1.165) is 16.5 Å². The standard InChI is InChI=1S/C23H18N8O/c1-15(27-29-23(32)17-8-11-24-12-9-17)19-6-7-21-22(26-19)31(30-28-21)14-16-4-5-20-18(13-16)3-2-10-25-20/h2-13H,14H2,1H3,(H,29,32)/b27-15+. The van der Waals surface area contributed by atoms with E-state index in [-0.39, 0.29) is 5.91 Å². The molecule has 9 nitrogen and oxygen atoms in total. The lowest BCUT2D eigenvalue weighted by atomic mass is 10.1. The van der Waals surface area contributed by atoms with Gasteiger partial charge in [0.25, 0.3) is 5.91 Å². The molecule has 4 heterocycles. The first-order valence-electron chi connectivity index (χ1n) is 9.96. The van der Waals surface area contributed by atoms with Crippen LogP contribution in [0, 0.1) is 0 Å². The van der Waals surface area contributed by atoms with Crippen molar-refractivity contribution < 1.29 is 4.79 Å². The summed E-state index contributed by atoms with van der Waals surface area (Å²) in [5.41, 5.74) is 7.56. The van der Waals surface area contributed by atoms with Crippen molar-refractivity contribution in [3.8, 4) is 0 Å². The van der Waals surface area contributed by atoms with Crippen LogP contribution in [0.5, 0.6) is 0 Å². The fourth-order valence-corrected chi connectivity index (χ4v) is 3.32. The Morgan fingerprint density at radius 2 is 1.88 bits per heavy atom. The first kappa shape index (κ1) is 19.4. The number of carbonyl (C=O) groups is 1. The number of hydrazone groups is 1. The van der Waals surface area contributed by atoms with Gasteiger partial charge in [0.2, 0.25) is 0 Å². The molecule has 32 heavy (non-hydrogen) atoms. The van der Waals surface area contributed by atoms with E-state index >= 15 is 0 Å². The predicted molar refractivity (Wildman–Crippen MR) is 120 cm³/mol. The minimum absolute atomic E-state index is 0.315. The van der Waals surface area contributed by atoms with Crippen molar-refractivity contribution in [2.75, 3.05) is 0 Å². The van der Waals surface area contributed by atoms with Crippen LogP contribution in [-0.4, -0.2) is 41.6 Å².